The van der Waals surface area contributed by atoms with Gasteiger partial charge in [-0.3, -0.25) is 0 Å². The van der Waals surface area contributed by atoms with Gasteiger partial charge in [-0.05, 0) is 0 Å². The van der Waals surface area contributed by atoms with Crippen molar-refractivity contribution in [1.29, 1.82) is 0 Å². The Morgan fingerprint density at radius 2 is 2.09 bits per heavy atom. The van der Waals surface area contributed by atoms with Crippen molar-refractivity contribution in [3.8, 4) is 5.75 Å². The molecule has 0 atom stereocenters. The summed E-state index contributed by atoms with van der Waals surface area (Å²) in [5.41, 5.74) is 0. The van der Waals surface area contributed by atoms with Crippen LogP contribution in [0.4, 0.5) is 0 Å². The third-order valence-corrected chi connectivity index (χ3v) is 2.12. The van der Waals surface area contributed by atoms with Crippen molar-refractivity contribution in [2.24, 2.45) is 0 Å². The first-order valence-corrected chi connectivity index (χ1v) is 4.23. The number of halogens is 2. The maximum atomic E-state index is 5.02. The second kappa shape index (κ2) is 5.26. The predicted octanol–water partition coefficient (Wildman–Crippen LogP) is 0.0244. The third-order valence-electron chi connectivity index (χ3n) is 1.04. The normalized spacial score (nSPS) is 8.64. The van der Waals surface area contributed by atoms with Gasteiger partial charge in [0.05, 0.1) is 7.11 Å². The van der Waals surface area contributed by atoms with E-state index >= 15 is 0 Å². The number of hydrogen-bond donors (Lipinski definition) is 0. The van der Waals surface area contributed by atoms with E-state index in [9.17, 15) is 0 Å². The maximum Gasteiger partial charge on any atom is 1.00 e. The van der Waals surface area contributed by atoms with E-state index in [1.807, 2.05) is 12.1 Å². The van der Waals surface area contributed by atoms with Crippen LogP contribution >= 0.6 is 31.9 Å². The fourth-order valence-corrected chi connectivity index (χ4v) is 1.30. The summed E-state index contributed by atoms with van der Waals surface area (Å²) in [7, 11) is 1.63. The van der Waals surface area contributed by atoms with Crippen LogP contribution in [-0.4, -0.2) is 7.11 Å². The number of rotatable bonds is 1. The average molecular weight is 272 g/mol. The predicted molar refractivity (Wildman–Crippen MR) is 47.2 cm³/mol. The van der Waals surface area contributed by atoms with E-state index in [0.717, 1.165) is 14.7 Å². The minimum absolute atomic E-state index is 0. The van der Waals surface area contributed by atoms with Crippen LogP contribution in [0.1, 0.15) is 0 Å². The Balaban J connectivity index is 0.000001000. The van der Waals surface area contributed by atoms with Gasteiger partial charge >= 0.3 is 18.9 Å². The van der Waals surface area contributed by atoms with Crippen molar-refractivity contribution >= 4 is 31.9 Å². The summed E-state index contributed by atoms with van der Waals surface area (Å²) in [5, 5.41) is 0. The Morgan fingerprint density at radius 1 is 1.45 bits per heavy atom. The Hall–Kier alpha value is 0.577. The first-order valence-electron chi connectivity index (χ1n) is 2.65. The van der Waals surface area contributed by atoms with Crippen LogP contribution in [0.2, 0.25) is 0 Å². The minimum Gasteiger partial charge on any atom is -0.553 e. The van der Waals surface area contributed by atoms with Crippen LogP contribution in [0.25, 0.3) is 0 Å². The molecule has 54 valence electrons. The number of ether oxygens (including phenoxy) is 1. The van der Waals surface area contributed by atoms with E-state index < -0.39 is 0 Å². The quantitative estimate of drug-likeness (QED) is 0.517. The maximum absolute atomic E-state index is 5.02. The second-order valence-electron chi connectivity index (χ2n) is 1.70. The molecule has 0 heterocycles. The molecule has 1 nitrogen and oxygen atoms in total. The van der Waals surface area contributed by atoms with Crippen molar-refractivity contribution in [3.05, 3.63) is 27.1 Å². The zero-order valence-corrected chi connectivity index (χ0v) is 9.49. The van der Waals surface area contributed by atoms with Gasteiger partial charge in [-0.25, -0.2) is 0 Å². The van der Waals surface area contributed by atoms with Gasteiger partial charge in [-0.15, -0.1) is 22.0 Å². The summed E-state index contributed by atoms with van der Waals surface area (Å²) >= 11 is 6.59. The van der Waals surface area contributed by atoms with E-state index in [-0.39, 0.29) is 18.9 Å². The van der Waals surface area contributed by atoms with E-state index in [1.165, 1.54) is 0 Å². The first kappa shape index (κ1) is 11.6. The summed E-state index contributed by atoms with van der Waals surface area (Å²) in [6.07, 6.45) is 0. The molecule has 0 aliphatic rings. The summed E-state index contributed by atoms with van der Waals surface area (Å²) in [5.74, 6) is 0.786. The van der Waals surface area contributed by atoms with E-state index in [2.05, 4.69) is 37.9 Å². The first-order chi connectivity index (χ1) is 4.74. The molecule has 0 saturated heterocycles. The number of benzene rings is 1. The molecule has 0 aromatic heterocycles. The van der Waals surface area contributed by atoms with Crippen LogP contribution in [0.5, 0.6) is 5.75 Å². The molecule has 11 heavy (non-hydrogen) atoms. The van der Waals surface area contributed by atoms with Crippen LogP contribution < -0.4 is 23.6 Å². The fraction of sp³-hybridized carbons (Fsp3) is 0.143. The SMILES string of the molecule is COc1cc(Br)c[c-]c1Br.[Li+]. The van der Waals surface area contributed by atoms with Crippen molar-refractivity contribution in [1.82, 2.24) is 0 Å². The van der Waals surface area contributed by atoms with Gasteiger partial charge < -0.3 is 4.74 Å². The molecule has 0 aliphatic heterocycles. The van der Waals surface area contributed by atoms with Crippen molar-refractivity contribution in [3.63, 3.8) is 0 Å². The van der Waals surface area contributed by atoms with Crippen molar-refractivity contribution in [2.75, 3.05) is 7.11 Å². The van der Waals surface area contributed by atoms with Gasteiger partial charge in [0.1, 0.15) is 0 Å². The monoisotopic (exact) mass is 270 g/mol. The molecule has 0 saturated carbocycles. The largest absolute Gasteiger partial charge is 1.00 e. The summed E-state index contributed by atoms with van der Waals surface area (Å²) in [4.78, 5) is 0. The van der Waals surface area contributed by atoms with Crippen LogP contribution in [0, 0.1) is 6.07 Å². The minimum atomic E-state index is 0. The average Bonchev–Trinajstić information content (AvgIpc) is 1.94. The molecule has 1 aromatic rings. The molecule has 0 spiro atoms. The van der Waals surface area contributed by atoms with Gasteiger partial charge in [0.25, 0.3) is 0 Å². The number of methoxy groups -OCH3 is 1. The van der Waals surface area contributed by atoms with E-state index in [1.54, 1.807) is 7.11 Å². The molecule has 1 rings (SSSR count). The molecule has 0 aliphatic carbocycles. The summed E-state index contributed by atoms with van der Waals surface area (Å²) in [6, 6.07) is 6.67. The van der Waals surface area contributed by atoms with E-state index in [0.29, 0.717) is 0 Å². The molecule has 1 aromatic carbocycles. The van der Waals surface area contributed by atoms with Crippen LogP contribution in [0.15, 0.2) is 21.1 Å². The Morgan fingerprint density at radius 3 is 2.55 bits per heavy atom. The van der Waals surface area contributed by atoms with Crippen molar-refractivity contribution in [2.45, 2.75) is 0 Å². The van der Waals surface area contributed by atoms with Crippen LogP contribution in [-0.2, 0) is 0 Å². The van der Waals surface area contributed by atoms with Gasteiger partial charge in [-0.2, -0.15) is 12.1 Å². The molecular weight excluding hydrogens is 267 g/mol. The van der Waals surface area contributed by atoms with Gasteiger partial charge in [0.2, 0.25) is 0 Å². The third kappa shape index (κ3) is 3.21. The Kier molecular flexibility index (Phi) is 5.54. The molecule has 0 bridgehead atoms. The Bertz CT molecular complexity index is 240. The topological polar surface area (TPSA) is 9.23 Å². The zero-order chi connectivity index (χ0) is 7.56. The van der Waals surface area contributed by atoms with Crippen LogP contribution in [0.3, 0.4) is 0 Å². The Labute approximate surface area is 94.9 Å². The molecule has 0 radical (unpaired) electrons. The van der Waals surface area contributed by atoms with Gasteiger partial charge in [-0.1, -0.05) is 24.9 Å². The fourth-order valence-electron chi connectivity index (χ4n) is 0.582. The summed E-state index contributed by atoms with van der Waals surface area (Å²) in [6.45, 7) is 0. The van der Waals surface area contributed by atoms with Gasteiger partial charge in [0, 0.05) is 5.75 Å². The molecule has 0 amide bonds. The smallest absolute Gasteiger partial charge is 0.553 e. The van der Waals surface area contributed by atoms with Crippen molar-refractivity contribution < 1.29 is 23.6 Å². The second-order valence-corrected chi connectivity index (χ2v) is 3.41. The molecule has 4 heteroatoms. The number of hydrogen-bond acceptors (Lipinski definition) is 1. The zero-order valence-electron chi connectivity index (χ0n) is 6.32. The molecular formula is C7H5Br2LiO. The molecule has 0 N–H and O–H groups in total. The van der Waals surface area contributed by atoms with E-state index in [4.69, 9.17) is 4.74 Å². The molecule has 0 fully saturated rings. The summed E-state index contributed by atoms with van der Waals surface area (Å²) < 4.78 is 6.83. The molecule has 0 unspecified atom stereocenters. The van der Waals surface area contributed by atoms with Gasteiger partial charge in [0.15, 0.2) is 0 Å². The standard InChI is InChI=1S/C7H5Br2O.Li/c1-10-7-4-5(8)2-3-6(7)9;/h2,4H,1H3;/q-1;+1.